The van der Waals surface area contributed by atoms with Gasteiger partial charge in [-0.3, -0.25) is 13.9 Å². The lowest BCUT2D eigenvalue weighted by Crippen LogP contribution is -2.49. The molecule has 39 heavy (non-hydrogen) atoms. The predicted molar refractivity (Wildman–Crippen MR) is 158 cm³/mol. The number of anilines is 1. The van der Waals surface area contributed by atoms with Gasteiger partial charge < -0.3 is 10.2 Å². The number of carbonyl (C=O) groups is 2. The SMILES string of the molecule is CNC(=O)[C@H](Cc1ccccc1)N(Cc1ccc(Cl)cc1)C(=O)CCCN(c1cc(Cl)ccc1C)S(C)(=O)=O. The monoisotopic (exact) mass is 589 g/mol. The van der Waals surface area contributed by atoms with Gasteiger partial charge in [-0.2, -0.15) is 0 Å². The highest BCUT2D eigenvalue weighted by molar-refractivity contribution is 7.92. The maximum Gasteiger partial charge on any atom is 0.242 e. The topological polar surface area (TPSA) is 86.8 Å². The second-order valence-electron chi connectivity index (χ2n) is 9.34. The molecule has 0 saturated carbocycles. The van der Waals surface area contributed by atoms with E-state index in [9.17, 15) is 18.0 Å². The van der Waals surface area contributed by atoms with Crippen molar-refractivity contribution in [1.29, 1.82) is 0 Å². The fourth-order valence-electron chi connectivity index (χ4n) is 4.34. The minimum absolute atomic E-state index is 0.0432. The Morgan fingerprint density at radius 3 is 2.18 bits per heavy atom. The molecule has 0 aliphatic rings. The average Bonchev–Trinajstić information content (AvgIpc) is 2.90. The van der Waals surface area contributed by atoms with Crippen molar-refractivity contribution in [2.24, 2.45) is 0 Å². The van der Waals surface area contributed by atoms with Gasteiger partial charge in [0.25, 0.3) is 0 Å². The van der Waals surface area contributed by atoms with E-state index in [1.165, 1.54) is 4.31 Å². The summed E-state index contributed by atoms with van der Waals surface area (Å²) >= 11 is 12.2. The first-order valence-electron chi connectivity index (χ1n) is 12.5. The summed E-state index contributed by atoms with van der Waals surface area (Å²) in [5.41, 5.74) is 2.97. The molecule has 3 aromatic carbocycles. The van der Waals surface area contributed by atoms with Crippen molar-refractivity contribution in [2.75, 3.05) is 24.2 Å². The van der Waals surface area contributed by atoms with Crippen molar-refractivity contribution >= 4 is 50.7 Å². The van der Waals surface area contributed by atoms with E-state index in [2.05, 4.69) is 5.32 Å². The van der Waals surface area contributed by atoms with Crippen LogP contribution in [0.3, 0.4) is 0 Å². The zero-order chi connectivity index (χ0) is 28.6. The molecular weight excluding hydrogens is 557 g/mol. The number of rotatable bonds is 12. The number of aryl methyl sites for hydroxylation is 1. The average molecular weight is 591 g/mol. The fourth-order valence-corrected chi connectivity index (χ4v) is 5.65. The second-order valence-corrected chi connectivity index (χ2v) is 12.1. The van der Waals surface area contributed by atoms with E-state index >= 15 is 0 Å². The summed E-state index contributed by atoms with van der Waals surface area (Å²) in [5, 5.41) is 3.68. The van der Waals surface area contributed by atoms with Crippen LogP contribution >= 0.6 is 23.2 Å². The third-order valence-electron chi connectivity index (χ3n) is 6.38. The highest BCUT2D eigenvalue weighted by atomic mass is 35.5. The second kappa shape index (κ2) is 13.8. The Kier molecular flexibility index (Phi) is 10.8. The third kappa shape index (κ3) is 8.71. The molecule has 1 N–H and O–H groups in total. The van der Waals surface area contributed by atoms with Crippen molar-refractivity contribution in [3.8, 4) is 0 Å². The summed E-state index contributed by atoms with van der Waals surface area (Å²) < 4.78 is 26.5. The molecule has 0 bridgehead atoms. The number of benzene rings is 3. The summed E-state index contributed by atoms with van der Waals surface area (Å²) in [6.07, 6.45) is 1.75. The van der Waals surface area contributed by atoms with Crippen LogP contribution in [0.1, 0.15) is 29.5 Å². The number of nitrogens with zero attached hydrogens (tertiary/aromatic N) is 2. The minimum atomic E-state index is -3.63. The molecule has 2 amide bonds. The highest BCUT2D eigenvalue weighted by Crippen LogP contribution is 2.27. The third-order valence-corrected chi connectivity index (χ3v) is 8.04. The van der Waals surface area contributed by atoms with Crippen molar-refractivity contribution < 1.29 is 18.0 Å². The zero-order valence-electron chi connectivity index (χ0n) is 22.2. The van der Waals surface area contributed by atoms with Crippen LogP contribution in [-0.2, 0) is 32.6 Å². The highest BCUT2D eigenvalue weighted by Gasteiger charge is 2.30. The molecular formula is C29H33Cl2N3O4S. The van der Waals surface area contributed by atoms with Gasteiger partial charge in [-0.1, -0.05) is 71.7 Å². The number of sulfonamides is 1. The lowest BCUT2D eigenvalue weighted by Gasteiger charge is -2.31. The van der Waals surface area contributed by atoms with Gasteiger partial charge in [0.2, 0.25) is 21.8 Å². The van der Waals surface area contributed by atoms with E-state index < -0.39 is 16.1 Å². The molecule has 0 saturated heterocycles. The summed E-state index contributed by atoms with van der Waals surface area (Å²) in [6.45, 7) is 2.09. The quantitative estimate of drug-likeness (QED) is 0.313. The van der Waals surface area contributed by atoms with Crippen molar-refractivity contribution in [1.82, 2.24) is 10.2 Å². The van der Waals surface area contributed by atoms with Gasteiger partial charge in [-0.25, -0.2) is 8.42 Å². The van der Waals surface area contributed by atoms with Crippen molar-refractivity contribution in [3.63, 3.8) is 0 Å². The lowest BCUT2D eigenvalue weighted by molar-refractivity contribution is -0.141. The van der Waals surface area contributed by atoms with Crippen LogP contribution in [-0.4, -0.2) is 51.0 Å². The van der Waals surface area contributed by atoms with Gasteiger partial charge >= 0.3 is 0 Å². The maximum absolute atomic E-state index is 13.7. The van der Waals surface area contributed by atoms with E-state index in [1.54, 1.807) is 49.2 Å². The van der Waals surface area contributed by atoms with Crippen LogP contribution in [0.4, 0.5) is 5.69 Å². The molecule has 3 aromatic rings. The summed E-state index contributed by atoms with van der Waals surface area (Å²) in [6, 6.07) is 20.9. The number of nitrogens with one attached hydrogen (secondary N) is 1. The van der Waals surface area contributed by atoms with E-state index in [0.29, 0.717) is 22.2 Å². The van der Waals surface area contributed by atoms with E-state index in [0.717, 1.165) is 22.9 Å². The standard InChI is InChI=1S/C29H33Cl2N3O4S/c1-21-11-14-25(31)19-26(21)34(39(3,37)38)17-7-10-28(35)33(20-23-12-15-24(30)16-13-23)27(29(36)32-2)18-22-8-5-4-6-9-22/h4-6,8-9,11-16,19,27H,7,10,17-18,20H2,1-3H3,(H,32,36)/t27-/m0/s1. The van der Waals surface area contributed by atoms with Gasteiger partial charge in [-0.15, -0.1) is 0 Å². The number of hydrogen-bond acceptors (Lipinski definition) is 4. The molecule has 0 spiro atoms. The number of amides is 2. The molecule has 1 atom stereocenters. The summed E-state index contributed by atoms with van der Waals surface area (Å²) in [7, 11) is -2.09. The molecule has 208 valence electrons. The number of likely N-dealkylation sites (N-methyl/N-ethyl adjacent to an activating group) is 1. The van der Waals surface area contributed by atoms with Gasteiger partial charge in [0, 0.05) is 43.0 Å². The normalized spacial score (nSPS) is 12.0. The number of halogens is 2. The molecule has 7 nitrogen and oxygen atoms in total. The molecule has 0 fully saturated rings. The first kappa shape index (κ1) is 30.5. The number of hydrogen-bond donors (Lipinski definition) is 1. The van der Waals surface area contributed by atoms with Crippen LogP contribution in [0.5, 0.6) is 0 Å². The Bertz CT molecular complexity index is 1380. The largest absolute Gasteiger partial charge is 0.357 e. The molecule has 0 unspecified atom stereocenters. The summed E-state index contributed by atoms with van der Waals surface area (Å²) in [4.78, 5) is 28.3. The van der Waals surface area contributed by atoms with Gasteiger partial charge in [-0.05, 0) is 54.3 Å². The van der Waals surface area contributed by atoms with Crippen molar-refractivity contribution in [3.05, 3.63) is 99.5 Å². The zero-order valence-corrected chi connectivity index (χ0v) is 24.6. The van der Waals surface area contributed by atoms with Crippen LogP contribution in [0.15, 0.2) is 72.8 Å². The Hall–Kier alpha value is -3.07. The molecule has 10 heteroatoms. The van der Waals surface area contributed by atoms with Crippen LogP contribution in [0.2, 0.25) is 10.0 Å². The van der Waals surface area contributed by atoms with Crippen LogP contribution in [0.25, 0.3) is 0 Å². The van der Waals surface area contributed by atoms with E-state index in [1.807, 2.05) is 42.5 Å². The fraction of sp³-hybridized carbons (Fsp3) is 0.310. The molecule has 0 radical (unpaired) electrons. The van der Waals surface area contributed by atoms with E-state index in [-0.39, 0.29) is 37.7 Å². The molecule has 0 aliphatic carbocycles. The first-order valence-corrected chi connectivity index (χ1v) is 15.1. The summed E-state index contributed by atoms with van der Waals surface area (Å²) in [5.74, 6) is -0.542. The van der Waals surface area contributed by atoms with Crippen LogP contribution in [0, 0.1) is 6.92 Å². The lowest BCUT2D eigenvalue weighted by atomic mass is 10.0. The smallest absolute Gasteiger partial charge is 0.242 e. The van der Waals surface area contributed by atoms with Gasteiger partial charge in [0.15, 0.2) is 0 Å². The Morgan fingerprint density at radius 1 is 0.923 bits per heavy atom. The molecule has 0 aliphatic heterocycles. The minimum Gasteiger partial charge on any atom is -0.357 e. The Morgan fingerprint density at radius 2 is 1.56 bits per heavy atom. The molecule has 0 heterocycles. The molecule has 3 rings (SSSR count). The van der Waals surface area contributed by atoms with Gasteiger partial charge in [0.1, 0.15) is 6.04 Å². The first-order chi connectivity index (χ1) is 18.5. The maximum atomic E-state index is 13.7. The van der Waals surface area contributed by atoms with E-state index in [4.69, 9.17) is 23.2 Å². The number of carbonyl (C=O) groups excluding carboxylic acids is 2. The molecule has 0 aromatic heterocycles. The predicted octanol–water partition coefficient (Wildman–Crippen LogP) is 5.23. The van der Waals surface area contributed by atoms with Gasteiger partial charge in [0.05, 0.1) is 11.9 Å². The Labute approximate surface area is 240 Å². The van der Waals surface area contributed by atoms with Crippen molar-refractivity contribution in [2.45, 2.75) is 38.8 Å². The van der Waals surface area contributed by atoms with Crippen LogP contribution < -0.4 is 9.62 Å². The Balaban J connectivity index is 1.86.